The monoisotopic (exact) mass is 631 g/mol. The van der Waals surface area contributed by atoms with Crippen LogP contribution in [0, 0.1) is 17.6 Å². The Labute approximate surface area is 253 Å². The average molecular weight is 632 g/mol. The molecule has 44 heavy (non-hydrogen) atoms. The molecule has 0 aliphatic carbocycles. The van der Waals surface area contributed by atoms with Crippen molar-refractivity contribution in [3.8, 4) is 0 Å². The summed E-state index contributed by atoms with van der Waals surface area (Å²) >= 11 is 0. The number of hydroxylamine groups is 1. The van der Waals surface area contributed by atoms with Crippen molar-refractivity contribution in [3.05, 3.63) is 35.4 Å². The minimum atomic E-state index is -3.29. The first-order chi connectivity index (χ1) is 20.6. The van der Waals surface area contributed by atoms with Crippen LogP contribution in [0.3, 0.4) is 0 Å². The van der Waals surface area contributed by atoms with Crippen molar-refractivity contribution in [1.82, 2.24) is 25.9 Å². The SMILES string of the molecule is CCCCCC(=O)N1CC(F)(F)CC1C(=O)N(C)[C@H](C(=O)N[C@@H](CCNC(=O)c1cc(F)cc(F)c1)C(=O)NO)C(C)CC. The molecule has 1 aromatic carbocycles. The summed E-state index contributed by atoms with van der Waals surface area (Å²) in [6.07, 6.45) is 1.23. The third-order valence-electron chi connectivity index (χ3n) is 7.67. The number of carbonyl (C=O) groups excluding carboxylic acids is 5. The van der Waals surface area contributed by atoms with Crippen LogP contribution in [-0.4, -0.2) is 88.7 Å². The van der Waals surface area contributed by atoms with E-state index in [0.29, 0.717) is 18.9 Å². The van der Waals surface area contributed by atoms with Gasteiger partial charge in [-0.3, -0.25) is 29.2 Å². The van der Waals surface area contributed by atoms with E-state index in [1.807, 2.05) is 6.92 Å². The van der Waals surface area contributed by atoms with E-state index >= 15 is 0 Å². The molecule has 0 saturated carbocycles. The van der Waals surface area contributed by atoms with E-state index in [4.69, 9.17) is 0 Å². The van der Waals surface area contributed by atoms with Gasteiger partial charge in [0.25, 0.3) is 17.7 Å². The third-order valence-corrected chi connectivity index (χ3v) is 7.67. The van der Waals surface area contributed by atoms with Gasteiger partial charge >= 0.3 is 0 Å². The maximum absolute atomic E-state index is 14.4. The number of carbonyl (C=O) groups is 5. The number of rotatable bonds is 15. The van der Waals surface area contributed by atoms with Gasteiger partial charge in [0.2, 0.25) is 17.7 Å². The molecule has 1 aliphatic heterocycles. The largest absolute Gasteiger partial charge is 0.352 e. The molecule has 1 aliphatic rings. The molecular weight excluding hydrogens is 590 g/mol. The van der Waals surface area contributed by atoms with E-state index < -0.39 is 84.1 Å². The molecular formula is C29H41F4N5O6. The van der Waals surface area contributed by atoms with Gasteiger partial charge in [-0.05, 0) is 30.9 Å². The standard InChI is InChI=1S/C29H41F4N5O6/c1-5-7-8-9-23(39)38-16-29(32,33)15-22(38)28(43)37(4)24(17(3)6-2)27(42)35-21(26(41)36-44)10-11-34-25(40)18-12-19(30)14-20(31)13-18/h12-14,17,21-22,24,44H,5-11,15-16H2,1-4H3,(H,34,40)(H,35,42)(H,36,41)/t17?,21-,22?,24-/m0/s1. The van der Waals surface area contributed by atoms with Gasteiger partial charge in [-0.15, -0.1) is 0 Å². The van der Waals surface area contributed by atoms with Crippen molar-refractivity contribution in [3.63, 3.8) is 0 Å². The molecule has 2 rings (SSSR count). The fraction of sp³-hybridized carbons (Fsp3) is 0.621. The lowest BCUT2D eigenvalue weighted by molar-refractivity contribution is -0.148. The third kappa shape index (κ3) is 9.89. The molecule has 1 fully saturated rings. The summed E-state index contributed by atoms with van der Waals surface area (Å²) in [5.41, 5.74) is 1.09. The van der Waals surface area contributed by atoms with Crippen molar-refractivity contribution in [1.29, 1.82) is 0 Å². The van der Waals surface area contributed by atoms with Gasteiger partial charge in [0, 0.05) is 38.1 Å². The van der Waals surface area contributed by atoms with Gasteiger partial charge in [0.05, 0.1) is 6.54 Å². The van der Waals surface area contributed by atoms with Gasteiger partial charge in [-0.1, -0.05) is 40.0 Å². The second-order valence-corrected chi connectivity index (χ2v) is 11.1. The number of nitrogens with zero attached hydrogens (tertiary/aromatic N) is 2. The molecule has 2 unspecified atom stereocenters. The summed E-state index contributed by atoms with van der Waals surface area (Å²) < 4.78 is 55.8. The molecule has 1 heterocycles. The second kappa shape index (κ2) is 16.4. The number of hydrogen-bond acceptors (Lipinski definition) is 6. The molecule has 0 radical (unpaired) electrons. The zero-order valence-corrected chi connectivity index (χ0v) is 25.3. The Hall–Kier alpha value is -3.75. The minimum Gasteiger partial charge on any atom is -0.352 e. The van der Waals surface area contributed by atoms with Crippen molar-refractivity contribution in [2.75, 3.05) is 20.1 Å². The Morgan fingerprint density at radius 1 is 1.07 bits per heavy atom. The Bertz CT molecular complexity index is 1180. The zero-order chi connectivity index (χ0) is 33.2. The van der Waals surface area contributed by atoms with E-state index in [1.165, 1.54) is 12.5 Å². The van der Waals surface area contributed by atoms with Gasteiger partial charge in [0.15, 0.2) is 0 Å². The van der Waals surface area contributed by atoms with Crippen molar-refractivity contribution in [2.24, 2.45) is 5.92 Å². The van der Waals surface area contributed by atoms with Crippen molar-refractivity contribution in [2.45, 2.75) is 89.8 Å². The summed E-state index contributed by atoms with van der Waals surface area (Å²) in [5, 5.41) is 14.0. The highest BCUT2D eigenvalue weighted by Crippen LogP contribution is 2.34. The summed E-state index contributed by atoms with van der Waals surface area (Å²) in [5.74, 6) is -9.95. The zero-order valence-electron chi connectivity index (χ0n) is 25.3. The van der Waals surface area contributed by atoms with Crippen LogP contribution in [0.25, 0.3) is 0 Å². The van der Waals surface area contributed by atoms with E-state index in [-0.39, 0.29) is 24.9 Å². The van der Waals surface area contributed by atoms with Crippen LogP contribution in [0.15, 0.2) is 18.2 Å². The lowest BCUT2D eigenvalue weighted by Gasteiger charge is -2.35. The Balaban J connectivity index is 2.18. The highest BCUT2D eigenvalue weighted by Gasteiger charge is 2.51. The van der Waals surface area contributed by atoms with Crippen LogP contribution in [0.2, 0.25) is 0 Å². The predicted molar refractivity (Wildman–Crippen MR) is 150 cm³/mol. The molecule has 5 amide bonds. The van der Waals surface area contributed by atoms with Gasteiger partial charge in [-0.2, -0.15) is 0 Å². The number of likely N-dealkylation sites (N-methyl/N-ethyl adjacent to an activating group) is 1. The molecule has 4 N–H and O–H groups in total. The number of unbranched alkanes of at least 4 members (excludes halogenated alkanes) is 2. The van der Waals surface area contributed by atoms with E-state index in [9.17, 15) is 46.7 Å². The van der Waals surface area contributed by atoms with Crippen molar-refractivity contribution < 1.29 is 46.7 Å². The summed E-state index contributed by atoms with van der Waals surface area (Å²) in [7, 11) is 1.26. The first-order valence-electron chi connectivity index (χ1n) is 14.6. The Morgan fingerprint density at radius 3 is 2.27 bits per heavy atom. The van der Waals surface area contributed by atoms with Crippen LogP contribution in [0.4, 0.5) is 17.6 Å². The molecule has 1 aromatic rings. The first-order valence-corrected chi connectivity index (χ1v) is 14.6. The highest BCUT2D eigenvalue weighted by atomic mass is 19.3. The summed E-state index contributed by atoms with van der Waals surface area (Å²) in [6, 6.07) is -1.96. The number of halogens is 4. The molecule has 0 spiro atoms. The number of nitrogens with one attached hydrogen (secondary N) is 3. The number of likely N-dealkylation sites (tertiary alicyclic amines) is 1. The van der Waals surface area contributed by atoms with Crippen LogP contribution in [0.5, 0.6) is 0 Å². The second-order valence-electron chi connectivity index (χ2n) is 11.1. The molecule has 246 valence electrons. The Morgan fingerprint density at radius 2 is 1.70 bits per heavy atom. The lowest BCUT2D eigenvalue weighted by atomic mass is 9.95. The molecule has 15 heteroatoms. The quantitative estimate of drug-likeness (QED) is 0.101. The lowest BCUT2D eigenvalue weighted by Crippen LogP contribution is -2.58. The molecule has 0 aromatic heterocycles. The minimum absolute atomic E-state index is 0.00926. The average Bonchev–Trinajstić information content (AvgIpc) is 3.30. The van der Waals surface area contributed by atoms with E-state index in [1.54, 1.807) is 13.8 Å². The Kier molecular flexibility index (Phi) is 13.5. The fourth-order valence-electron chi connectivity index (χ4n) is 5.10. The van der Waals surface area contributed by atoms with Crippen LogP contribution in [-0.2, 0) is 19.2 Å². The molecule has 1 saturated heterocycles. The van der Waals surface area contributed by atoms with Crippen molar-refractivity contribution >= 4 is 29.5 Å². The van der Waals surface area contributed by atoms with Crippen LogP contribution < -0.4 is 16.1 Å². The van der Waals surface area contributed by atoms with E-state index in [2.05, 4.69) is 10.6 Å². The predicted octanol–water partition coefficient (Wildman–Crippen LogP) is 2.76. The molecule has 0 bridgehead atoms. The fourth-order valence-corrected chi connectivity index (χ4v) is 5.10. The molecule has 4 atom stereocenters. The van der Waals surface area contributed by atoms with Gasteiger partial charge < -0.3 is 20.4 Å². The highest BCUT2D eigenvalue weighted by molar-refractivity contribution is 5.95. The number of benzene rings is 1. The number of amides is 5. The summed E-state index contributed by atoms with van der Waals surface area (Å²) in [4.78, 5) is 66.3. The van der Waals surface area contributed by atoms with E-state index in [0.717, 1.165) is 34.8 Å². The maximum Gasteiger partial charge on any atom is 0.267 e. The van der Waals surface area contributed by atoms with Gasteiger partial charge in [0.1, 0.15) is 29.8 Å². The smallest absolute Gasteiger partial charge is 0.267 e. The number of hydrogen-bond donors (Lipinski definition) is 4. The first kappa shape index (κ1) is 36.4. The molecule has 11 nitrogen and oxygen atoms in total. The number of alkyl halides is 2. The normalized spacial score (nSPS) is 17.8. The van der Waals surface area contributed by atoms with Crippen LogP contribution in [0.1, 0.15) is 76.1 Å². The van der Waals surface area contributed by atoms with Gasteiger partial charge in [-0.25, -0.2) is 23.0 Å². The van der Waals surface area contributed by atoms with Crippen LogP contribution >= 0.6 is 0 Å². The maximum atomic E-state index is 14.4. The topological polar surface area (TPSA) is 148 Å². The summed E-state index contributed by atoms with van der Waals surface area (Å²) in [6.45, 7) is 4.12.